The van der Waals surface area contributed by atoms with E-state index in [4.69, 9.17) is 4.52 Å². The number of hydrogen-bond acceptors (Lipinski definition) is 2. The van der Waals surface area contributed by atoms with Crippen molar-refractivity contribution in [2.75, 3.05) is 27.2 Å². The molecule has 1 unspecified atom stereocenters. The lowest BCUT2D eigenvalue weighted by atomic mass is 10.0. The van der Waals surface area contributed by atoms with E-state index in [-0.39, 0.29) is 0 Å². The molecule has 0 aliphatic heterocycles. The second kappa shape index (κ2) is 22.7. The standard InChI is InChI=1S/C29H58NO4P/c1-5-7-8-9-10-11-12-13-14-15-16-17-18-19-20-21-22-23-24-25-26-29(34-35(31,32)33)28-30(3,4)27-6-2/h6,13-14,29H,2,5,7-12,15-28H2,1,3-4H3,(H-,31,32,33)/p+1/b14-13-. The molecule has 0 rings (SSSR count). The molecule has 208 valence electrons. The highest BCUT2D eigenvalue weighted by Gasteiger charge is 2.28. The number of rotatable bonds is 26. The molecule has 0 bridgehead atoms. The van der Waals surface area contributed by atoms with E-state index in [1.165, 1.54) is 103 Å². The van der Waals surface area contributed by atoms with E-state index in [0.29, 0.717) is 17.4 Å². The summed E-state index contributed by atoms with van der Waals surface area (Å²) in [4.78, 5) is 18.5. The van der Waals surface area contributed by atoms with Gasteiger partial charge in [0.15, 0.2) is 0 Å². The first kappa shape index (κ1) is 34.6. The molecular formula is C29H59NO4P+. The van der Waals surface area contributed by atoms with Crippen molar-refractivity contribution in [3.05, 3.63) is 24.8 Å². The molecule has 2 N–H and O–H groups in total. The third kappa shape index (κ3) is 26.4. The Morgan fingerprint density at radius 2 is 1.20 bits per heavy atom. The molecular weight excluding hydrogens is 457 g/mol. The molecule has 0 aliphatic rings. The number of allylic oxidation sites excluding steroid dienone is 2. The fraction of sp³-hybridized carbons (Fsp3) is 0.862. The first-order valence-corrected chi connectivity index (χ1v) is 16.0. The topological polar surface area (TPSA) is 66.8 Å². The van der Waals surface area contributed by atoms with E-state index in [0.717, 1.165) is 19.4 Å². The SMILES string of the molecule is C=CC[N+](C)(C)CC(CCCCCCCCCCCC/C=C\CCCCCCCC)OP(=O)(O)O. The van der Waals surface area contributed by atoms with Gasteiger partial charge in [-0.05, 0) is 38.2 Å². The fourth-order valence-corrected chi connectivity index (χ4v) is 5.23. The molecule has 0 saturated heterocycles. The molecule has 6 heteroatoms. The summed E-state index contributed by atoms with van der Waals surface area (Å²) in [7, 11) is -0.396. The summed E-state index contributed by atoms with van der Waals surface area (Å²) in [5.41, 5.74) is 0. The maximum atomic E-state index is 11.3. The number of likely N-dealkylation sites (N-methyl/N-ethyl adjacent to an activating group) is 1. The van der Waals surface area contributed by atoms with Crippen molar-refractivity contribution in [2.24, 2.45) is 0 Å². The van der Waals surface area contributed by atoms with Gasteiger partial charge in [-0.25, -0.2) is 4.57 Å². The Labute approximate surface area is 218 Å². The van der Waals surface area contributed by atoms with Gasteiger partial charge in [0.05, 0.1) is 20.6 Å². The summed E-state index contributed by atoms with van der Waals surface area (Å²) in [6.45, 7) is 7.37. The van der Waals surface area contributed by atoms with Gasteiger partial charge >= 0.3 is 7.82 Å². The lowest BCUT2D eigenvalue weighted by Gasteiger charge is -2.32. The molecule has 0 saturated carbocycles. The minimum absolute atomic E-state index is 0.420. The van der Waals surface area contributed by atoms with Crippen molar-refractivity contribution < 1.29 is 23.4 Å². The normalized spacial score (nSPS) is 13.5. The van der Waals surface area contributed by atoms with Gasteiger partial charge in [-0.2, -0.15) is 0 Å². The lowest BCUT2D eigenvalue weighted by Crippen LogP contribution is -2.45. The number of phosphoric ester groups is 1. The van der Waals surface area contributed by atoms with Crippen LogP contribution < -0.4 is 0 Å². The predicted molar refractivity (Wildman–Crippen MR) is 151 cm³/mol. The highest BCUT2D eigenvalue weighted by atomic mass is 31.2. The van der Waals surface area contributed by atoms with Crippen molar-refractivity contribution >= 4 is 7.82 Å². The van der Waals surface area contributed by atoms with E-state index in [9.17, 15) is 14.4 Å². The van der Waals surface area contributed by atoms with Crippen LogP contribution in [0.3, 0.4) is 0 Å². The molecule has 1 atom stereocenters. The number of quaternary nitrogens is 1. The van der Waals surface area contributed by atoms with Crippen LogP contribution in [0.1, 0.15) is 129 Å². The quantitative estimate of drug-likeness (QED) is 0.0522. The van der Waals surface area contributed by atoms with Crippen LogP contribution in [0.5, 0.6) is 0 Å². The summed E-state index contributed by atoms with van der Waals surface area (Å²) in [5, 5.41) is 0. The molecule has 0 aromatic heterocycles. The van der Waals surface area contributed by atoms with E-state index < -0.39 is 13.9 Å². The van der Waals surface area contributed by atoms with Gasteiger partial charge < -0.3 is 14.3 Å². The van der Waals surface area contributed by atoms with Crippen molar-refractivity contribution in [3.63, 3.8) is 0 Å². The van der Waals surface area contributed by atoms with Gasteiger partial charge in [0.25, 0.3) is 0 Å². The minimum Gasteiger partial charge on any atom is -0.323 e. The van der Waals surface area contributed by atoms with E-state index in [1.807, 2.05) is 20.2 Å². The van der Waals surface area contributed by atoms with Gasteiger partial charge in [0, 0.05) is 0 Å². The summed E-state index contributed by atoms with van der Waals surface area (Å²) >= 11 is 0. The molecule has 35 heavy (non-hydrogen) atoms. The largest absolute Gasteiger partial charge is 0.470 e. The Balaban J connectivity index is 3.62. The molecule has 0 aromatic carbocycles. The van der Waals surface area contributed by atoms with Crippen molar-refractivity contribution in [1.82, 2.24) is 0 Å². The Bertz CT molecular complexity index is 559. The first-order chi connectivity index (χ1) is 16.7. The second-order valence-corrected chi connectivity index (χ2v) is 12.1. The summed E-state index contributed by atoms with van der Waals surface area (Å²) in [5.74, 6) is 0. The Kier molecular flexibility index (Phi) is 22.4. The van der Waals surface area contributed by atoms with Crippen LogP contribution in [0, 0.1) is 0 Å². The van der Waals surface area contributed by atoms with Crippen LogP contribution in [-0.4, -0.2) is 47.6 Å². The molecule has 0 fully saturated rings. The molecule has 0 heterocycles. The molecule has 0 aromatic rings. The maximum absolute atomic E-state index is 11.3. The summed E-state index contributed by atoms with van der Waals surface area (Å²) < 4.78 is 17.0. The van der Waals surface area contributed by atoms with Crippen LogP contribution in [0.25, 0.3) is 0 Å². The molecule has 0 spiro atoms. The van der Waals surface area contributed by atoms with Crippen LogP contribution in [0.2, 0.25) is 0 Å². The molecule has 5 nitrogen and oxygen atoms in total. The monoisotopic (exact) mass is 516 g/mol. The Morgan fingerprint density at radius 1 is 0.771 bits per heavy atom. The van der Waals surface area contributed by atoms with Crippen LogP contribution in [0.4, 0.5) is 0 Å². The minimum atomic E-state index is -4.46. The number of phosphoric acid groups is 1. The van der Waals surface area contributed by atoms with Crippen molar-refractivity contribution in [3.8, 4) is 0 Å². The summed E-state index contributed by atoms with van der Waals surface area (Å²) in [6.07, 6.45) is 30.2. The van der Waals surface area contributed by atoms with Crippen LogP contribution in [-0.2, 0) is 9.09 Å². The average Bonchev–Trinajstić information content (AvgIpc) is 2.76. The average molecular weight is 517 g/mol. The van der Waals surface area contributed by atoms with Gasteiger partial charge in [0.2, 0.25) is 0 Å². The highest BCUT2D eigenvalue weighted by molar-refractivity contribution is 7.46. The zero-order valence-electron chi connectivity index (χ0n) is 23.5. The van der Waals surface area contributed by atoms with Gasteiger partial charge in [-0.1, -0.05) is 116 Å². The third-order valence-corrected chi connectivity index (χ3v) is 7.22. The molecule has 0 aliphatic carbocycles. The zero-order valence-corrected chi connectivity index (χ0v) is 24.4. The van der Waals surface area contributed by atoms with Crippen LogP contribution in [0.15, 0.2) is 24.8 Å². The molecule has 0 amide bonds. The van der Waals surface area contributed by atoms with E-state index in [1.54, 1.807) is 0 Å². The Morgan fingerprint density at radius 3 is 1.63 bits per heavy atom. The molecule has 0 radical (unpaired) electrons. The number of unbranched alkanes of at least 4 members (excludes halogenated alkanes) is 16. The first-order valence-electron chi connectivity index (χ1n) is 14.5. The van der Waals surface area contributed by atoms with Crippen LogP contribution >= 0.6 is 7.82 Å². The number of nitrogens with zero attached hydrogens (tertiary/aromatic N) is 1. The van der Waals surface area contributed by atoms with Crippen molar-refractivity contribution in [2.45, 2.75) is 135 Å². The smallest absolute Gasteiger partial charge is 0.323 e. The van der Waals surface area contributed by atoms with E-state index >= 15 is 0 Å². The predicted octanol–water partition coefficient (Wildman–Crippen LogP) is 8.71. The third-order valence-electron chi connectivity index (χ3n) is 6.65. The van der Waals surface area contributed by atoms with E-state index in [2.05, 4.69) is 25.7 Å². The van der Waals surface area contributed by atoms with Gasteiger partial charge in [-0.3, -0.25) is 4.52 Å². The van der Waals surface area contributed by atoms with Gasteiger partial charge in [-0.15, -0.1) is 0 Å². The Hall–Kier alpha value is -0.450. The second-order valence-electron chi connectivity index (χ2n) is 10.9. The number of hydrogen-bond donors (Lipinski definition) is 2. The summed E-state index contributed by atoms with van der Waals surface area (Å²) in [6, 6.07) is 0. The highest BCUT2D eigenvalue weighted by Crippen LogP contribution is 2.39. The maximum Gasteiger partial charge on any atom is 0.470 e. The lowest BCUT2D eigenvalue weighted by molar-refractivity contribution is -0.887. The fourth-order valence-electron chi connectivity index (χ4n) is 4.67. The van der Waals surface area contributed by atoms with Gasteiger partial charge in [0.1, 0.15) is 12.6 Å². The zero-order chi connectivity index (χ0) is 26.3. The van der Waals surface area contributed by atoms with Crippen molar-refractivity contribution in [1.29, 1.82) is 0 Å².